The van der Waals surface area contributed by atoms with E-state index in [-0.39, 0.29) is 16.3 Å². The summed E-state index contributed by atoms with van der Waals surface area (Å²) in [5.74, 6) is -2.73. The lowest BCUT2D eigenvalue weighted by Crippen LogP contribution is -2.04. The maximum atomic E-state index is 13.1. The summed E-state index contributed by atoms with van der Waals surface area (Å²) in [6, 6.07) is 7.47. The van der Waals surface area contributed by atoms with E-state index in [0.717, 1.165) is 12.1 Å². The van der Waals surface area contributed by atoms with Gasteiger partial charge in [0, 0.05) is 5.56 Å². The van der Waals surface area contributed by atoms with Gasteiger partial charge in [0.2, 0.25) is 0 Å². The van der Waals surface area contributed by atoms with Gasteiger partial charge in [-0.15, -0.1) is 0 Å². The van der Waals surface area contributed by atoms with Crippen molar-refractivity contribution in [1.29, 1.82) is 0 Å². The highest BCUT2D eigenvalue weighted by Crippen LogP contribution is 2.23. The lowest BCUT2D eigenvalue weighted by Gasteiger charge is -2.03. The fraction of sp³-hybridized carbons (Fsp3) is 0.0667. The molecule has 0 atom stereocenters. The van der Waals surface area contributed by atoms with Gasteiger partial charge in [-0.1, -0.05) is 28.4 Å². The van der Waals surface area contributed by atoms with Crippen LogP contribution in [0.15, 0.2) is 41.6 Å². The molecule has 2 rings (SSSR count). The van der Waals surface area contributed by atoms with Crippen LogP contribution in [0.3, 0.4) is 0 Å². The minimum Gasteiger partial charge on any atom is -0.313 e. The summed E-state index contributed by atoms with van der Waals surface area (Å²) < 4.78 is 26.0. The first-order valence-corrected chi connectivity index (χ1v) is 6.80. The molecule has 0 fully saturated rings. The second kappa shape index (κ2) is 6.85. The maximum absolute atomic E-state index is 13.1. The molecule has 2 aromatic carbocycles. The molecular weight excluding hydrogens is 335 g/mol. The summed E-state index contributed by atoms with van der Waals surface area (Å²) in [6.45, 7) is 1.49. The highest BCUT2D eigenvalue weighted by atomic mass is 35.5. The summed E-state index contributed by atoms with van der Waals surface area (Å²) >= 11 is 11.5. The molecule has 0 bridgehead atoms. The molecule has 0 saturated carbocycles. The van der Waals surface area contributed by atoms with Gasteiger partial charge in [0.15, 0.2) is 11.6 Å². The second-order valence-corrected chi connectivity index (χ2v) is 5.13. The van der Waals surface area contributed by atoms with Crippen LogP contribution in [-0.4, -0.2) is 11.7 Å². The average molecular weight is 344 g/mol. The molecule has 0 spiro atoms. The van der Waals surface area contributed by atoms with Crippen molar-refractivity contribution in [2.75, 3.05) is 0 Å². The zero-order valence-electron chi connectivity index (χ0n) is 11.2. The van der Waals surface area contributed by atoms with Gasteiger partial charge in [-0.2, -0.15) is 0 Å². The molecule has 0 aliphatic rings. The molecule has 2 aromatic rings. The SMILES string of the molecule is CC(=NOC(=O)c1ccc(Cl)c(Cl)c1)c1ccc(F)c(F)c1. The lowest BCUT2D eigenvalue weighted by molar-refractivity contribution is 0.0516. The van der Waals surface area contributed by atoms with E-state index in [1.165, 1.54) is 31.2 Å². The number of hydrogen-bond acceptors (Lipinski definition) is 3. The Hall–Kier alpha value is -1.98. The van der Waals surface area contributed by atoms with E-state index < -0.39 is 17.6 Å². The summed E-state index contributed by atoms with van der Waals surface area (Å²) in [5, 5.41) is 4.11. The first kappa shape index (κ1) is 16.4. The average Bonchev–Trinajstić information content (AvgIpc) is 2.50. The van der Waals surface area contributed by atoms with Crippen LogP contribution in [0, 0.1) is 11.6 Å². The Morgan fingerprint density at radius 1 is 1.00 bits per heavy atom. The fourth-order valence-corrected chi connectivity index (χ4v) is 1.86. The Balaban J connectivity index is 2.14. The predicted octanol–water partition coefficient (Wildman–Crippen LogP) is 4.85. The van der Waals surface area contributed by atoms with Gasteiger partial charge in [0.25, 0.3) is 0 Å². The van der Waals surface area contributed by atoms with Gasteiger partial charge in [-0.3, -0.25) is 0 Å². The molecule has 0 amide bonds. The third kappa shape index (κ3) is 3.81. The summed E-state index contributed by atoms with van der Waals surface area (Å²) in [5.41, 5.74) is 0.671. The number of halogens is 4. The van der Waals surface area contributed by atoms with Crippen molar-refractivity contribution in [3.05, 3.63) is 69.2 Å². The largest absolute Gasteiger partial charge is 0.365 e. The first-order chi connectivity index (χ1) is 10.4. The second-order valence-electron chi connectivity index (χ2n) is 4.31. The van der Waals surface area contributed by atoms with Gasteiger partial charge in [0.1, 0.15) is 0 Å². The normalized spacial score (nSPS) is 11.4. The minimum absolute atomic E-state index is 0.163. The number of carbonyl (C=O) groups excluding carboxylic acids is 1. The molecule has 0 heterocycles. The monoisotopic (exact) mass is 343 g/mol. The van der Waals surface area contributed by atoms with Crippen LogP contribution >= 0.6 is 23.2 Å². The van der Waals surface area contributed by atoms with Crippen LogP contribution < -0.4 is 0 Å². The Kier molecular flexibility index (Phi) is 5.11. The summed E-state index contributed by atoms with van der Waals surface area (Å²) in [7, 11) is 0. The molecule has 114 valence electrons. The van der Waals surface area contributed by atoms with Crippen molar-refractivity contribution in [3.8, 4) is 0 Å². The lowest BCUT2D eigenvalue weighted by atomic mass is 10.1. The van der Waals surface area contributed by atoms with Crippen molar-refractivity contribution in [1.82, 2.24) is 0 Å². The molecule has 7 heteroatoms. The molecule has 0 N–H and O–H groups in total. The Bertz CT molecular complexity index is 763. The van der Waals surface area contributed by atoms with Crippen LogP contribution in [0.5, 0.6) is 0 Å². The zero-order valence-corrected chi connectivity index (χ0v) is 12.8. The van der Waals surface area contributed by atoms with E-state index in [1.807, 2.05) is 0 Å². The number of oxime groups is 1. The van der Waals surface area contributed by atoms with Gasteiger partial charge >= 0.3 is 5.97 Å². The van der Waals surface area contributed by atoms with E-state index in [1.54, 1.807) is 0 Å². The number of rotatable bonds is 3. The van der Waals surface area contributed by atoms with Crippen molar-refractivity contribution < 1.29 is 18.4 Å². The van der Waals surface area contributed by atoms with Gasteiger partial charge < -0.3 is 4.84 Å². The quantitative estimate of drug-likeness (QED) is 0.453. The third-order valence-corrected chi connectivity index (χ3v) is 3.50. The van der Waals surface area contributed by atoms with Crippen LogP contribution in [-0.2, 0) is 4.84 Å². The summed E-state index contributed by atoms with van der Waals surface area (Å²) in [4.78, 5) is 16.5. The van der Waals surface area contributed by atoms with Crippen molar-refractivity contribution in [2.45, 2.75) is 6.92 Å². The highest BCUT2D eigenvalue weighted by molar-refractivity contribution is 6.42. The van der Waals surface area contributed by atoms with Crippen molar-refractivity contribution in [3.63, 3.8) is 0 Å². The Labute approximate surface area is 135 Å². The molecule has 0 aliphatic carbocycles. The molecule has 0 saturated heterocycles. The predicted molar refractivity (Wildman–Crippen MR) is 80.4 cm³/mol. The Morgan fingerprint density at radius 3 is 2.32 bits per heavy atom. The third-order valence-electron chi connectivity index (χ3n) is 2.76. The van der Waals surface area contributed by atoms with Crippen LogP contribution in [0.1, 0.15) is 22.8 Å². The van der Waals surface area contributed by atoms with E-state index in [0.29, 0.717) is 10.6 Å². The first-order valence-electron chi connectivity index (χ1n) is 6.05. The Morgan fingerprint density at radius 2 is 1.68 bits per heavy atom. The van der Waals surface area contributed by atoms with Gasteiger partial charge in [-0.05, 0) is 43.3 Å². The number of nitrogens with zero attached hydrogens (tertiary/aromatic N) is 1. The van der Waals surface area contributed by atoms with Gasteiger partial charge in [0.05, 0.1) is 21.3 Å². The topological polar surface area (TPSA) is 38.7 Å². The molecule has 0 aromatic heterocycles. The van der Waals surface area contributed by atoms with Crippen LogP contribution in [0.2, 0.25) is 10.0 Å². The summed E-state index contributed by atoms with van der Waals surface area (Å²) in [6.07, 6.45) is 0. The number of benzene rings is 2. The molecule has 3 nitrogen and oxygen atoms in total. The van der Waals surface area contributed by atoms with Crippen LogP contribution in [0.25, 0.3) is 0 Å². The van der Waals surface area contributed by atoms with E-state index in [2.05, 4.69) is 5.16 Å². The minimum atomic E-state index is -1.01. The van der Waals surface area contributed by atoms with Crippen molar-refractivity contribution >= 4 is 34.9 Å². The standard InChI is InChI=1S/C15H9Cl2F2NO2/c1-8(9-3-5-13(18)14(19)7-9)20-22-15(21)10-2-4-11(16)12(17)6-10/h2-7H,1H3. The molecule has 0 radical (unpaired) electrons. The maximum Gasteiger partial charge on any atom is 0.365 e. The number of hydrogen-bond donors (Lipinski definition) is 0. The molecular formula is C15H9Cl2F2NO2. The fourth-order valence-electron chi connectivity index (χ4n) is 1.56. The van der Waals surface area contributed by atoms with E-state index in [9.17, 15) is 13.6 Å². The highest BCUT2D eigenvalue weighted by Gasteiger charge is 2.11. The van der Waals surface area contributed by atoms with Crippen LogP contribution in [0.4, 0.5) is 8.78 Å². The molecule has 22 heavy (non-hydrogen) atoms. The molecule has 0 unspecified atom stereocenters. The van der Waals surface area contributed by atoms with E-state index in [4.69, 9.17) is 28.0 Å². The van der Waals surface area contributed by atoms with Gasteiger partial charge in [-0.25, -0.2) is 13.6 Å². The number of carbonyl (C=O) groups is 1. The zero-order chi connectivity index (χ0) is 16.3. The van der Waals surface area contributed by atoms with Crippen molar-refractivity contribution in [2.24, 2.45) is 5.16 Å². The smallest absolute Gasteiger partial charge is 0.313 e. The molecule has 0 aliphatic heterocycles. The van der Waals surface area contributed by atoms with E-state index >= 15 is 0 Å².